The zero-order chi connectivity index (χ0) is 20.1. The molecule has 0 spiro atoms. The van der Waals surface area contributed by atoms with Gasteiger partial charge in [0.1, 0.15) is 5.82 Å². The van der Waals surface area contributed by atoms with Gasteiger partial charge in [-0.3, -0.25) is 4.79 Å². The van der Waals surface area contributed by atoms with Gasteiger partial charge in [0.25, 0.3) is 5.91 Å². The summed E-state index contributed by atoms with van der Waals surface area (Å²) in [4.78, 5) is 12.7. The van der Waals surface area contributed by atoms with Crippen molar-refractivity contribution < 1.29 is 17.6 Å². The van der Waals surface area contributed by atoms with Crippen molar-refractivity contribution in [2.75, 3.05) is 0 Å². The molecule has 28 heavy (non-hydrogen) atoms. The zero-order valence-corrected chi connectivity index (χ0v) is 16.2. The summed E-state index contributed by atoms with van der Waals surface area (Å²) >= 11 is 0. The van der Waals surface area contributed by atoms with Gasteiger partial charge >= 0.3 is 0 Å². The molecular weight excluding hydrogens is 377 g/mol. The first-order valence-corrected chi connectivity index (χ1v) is 10.4. The van der Waals surface area contributed by atoms with Crippen molar-refractivity contribution >= 4 is 15.7 Å². The highest BCUT2D eigenvalue weighted by atomic mass is 32.2. The molecular formula is C22H20FNO3S. The molecule has 0 saturated heterocycles. The molecule has 0 atom stereocenters. The van der Waals surface area contributed by atoms with E-state index in [2.05, 4.69) is 5.32 Å². The molecule has 0 aromatic heterocycles. The second-order valence-corrected chi connectivity index (χ2v) is 8.53. The maximum Gasteiger partial charge on any atom is 0.251 e. The first kappa shape index (κ1) is 19.8. The lowest BCUT2D eigenvalue weighted by molar-refractivity contribution is 0.0950. The Bertz CT molecular complexity index is 1100. The number of benzene rings is 3. The smallest absolute Gasteiger partial charge is 0.251 e. The standard InChI is InChI=1S/C22H20FNO3S/c1-16-12-17(10-11-21(16)23)14-24-22(25)19-7-5-6-18(13-19)15-28(26,27)20-8-3-2-4-9-20/h2-13H,14-15H2,1H3,(H,24,25). The lowest BCUT2D eigenvalue weighted by atomic mass is 10.1. The second kappa shape index (κ2) is 8.35. The molecule has 1 amide bonds. The molecule has 4 nitrogen and oxygen atoms in total. The summed E-state index contributed by atoms with van der Waals surface area (Å²) in [5, 5.41) is 2.77. The summed E-state index contributed by atoms with van der Waals surface area (Å²) < 4.78 is 38.4. The van der Waals surface area contributed by atoms with Crippen LogP contribution >= 0.6 is 0 Å². The molecule has 0 aliphatic rings. The Morgan fingerprint density at radius 1 is 0.929 bits per heavy atom. The van der Waals surface area contributed by atoms with Crippen molar-refractivity contribution in [1.82, 2.24) is 5.32 Å². The van der Waals surface area contributed by atoms with E-state index in [0.717, 1.165) is 5.56 Å². The number of hydrogen-bond donors (Lipinski definition) is 1. The monoisotopic (exact) mass is 397 g/mol. The molecule has 144 valence electrons. The van der Waals surface area contributed by atoms with Crippen LogP contribution in [0.4, 0.5) is 4.39 Å². The predicted octanol–water partition coefficient (Wildman–Crippen LogP) is 4.04. The van der Waals surface area contributed by atoms with Crippen molar-refractivity contribution in [3.63, 3.8) is 0 Å². The molecule has 0 aliphatic carbocycles. The number of carbonyl (C=O) groups is 1. The maximum atomic E-state index is 13.3. The summed E-state index contributed by atoms with van der Waals surface area (Å²) in [5.74, 6) is -0.793. The number of carbonyl (C=O) groups excluding carboxylic acids is 1. The number of aryl methyl sites for hydroxylation is 1. The fraction of sp³-hybridized carbons (Fsp3) is 0.136. The first-order chi connectivity index (χ1) is 13.3. The predicted molar refractivity (Wildman–Crippen MR) is 106 cm³/mol. The fourth-order valence-electron chi connectivity index (χ4n) is 2.83. The Hall–Kier alpha value is -2.99. The normalized spacial score (nSPS) is 11.2. The maximum absolute atomic E-state index is 13.3. The minimum Gasteiger partial charge on any atom is -0.348 e. The van der Waals surface area contributed by atoms with Crippen molar-refractivity contribution in [3.8, 4) is 0 Å². The molecule has 0 radical (unpaired) electrons. The Labute approximate surface area is 164 Å². The van der Waals surface area contributed by atoms with Crippen molar-refractivity contribution in [3.05, 3.63) is 101 Å². The van der Waals surface area contributed by atoms with Crippen LogP contribution < -0.4 is 5.32 Å². The highest BCUT2D eigenvalue weighted by Crippen LogP contribution is 2.17. The fourth-order valence-corrected chi connectivity index (χ4v) is 4.19. The Balaban J connectivity index is 1.70. The zero-order valence-electron chi connectivity index (χ0n) is 15.4. The van der Waals surface area contributed by atoms with Gasteiger partial charge in [-0.15, -0.1) is 0 Å². The Morgan fingerprint density at radius 2 is 1.68 bits per heavy atom. The van der Waals surface area contributed by atoms with Gasteiger partial charge in [0.15, 0.2) is 9.84 Å². The molecule has 0 aliphatic heterocycles. The van der Waals surface area contributed by atoms with E-state index < -0.39 is 9.84 Å². The highest BCUT2D eigenvalue weighted by molar-refractivity contribution is 7.90. The summed E-state index contributed by atoms with van der Waals surface area (Å²) in [5.41, 5.74) is 2.21. The Kier molecular flexibility index (Phi) is 5.90. The van der Waals surface area contributed by atoms with Crippen LogP contribution in [0.2, 0.25) is 0 Å². The van der Waals surface area contributed by atoms with Gasteiger partial charge in [-0.2, -0.15) is 0 Å². The van der Waals surface area contributed by atoms with Crippen LogP contribution in [0.25, 0.3) is 0 Å². The van der Waals surface area contributed by atoms with Gasteiger partial charge in [-0.25, -0.2) is 12.8 Å². The van der Waals surface area contributed by atoms with Crippen LogP contribution in [0.3, 0.4) is 0 Å². The quantitative estimate of drug-likeness (QED) is 0.683. The summed E-state index contributed by atoms with van der Waals surface area (Å²) in [6.45, 7) is 1.92. The molecule has 0 fully saturated rings. The number of nitrogens with one attached hydrogen (secondary N) is 1. The van der Waals surface area contributed by atoms with Crippen LogP contribution in [0, 0.1) is 12.7 Å². The molecule has 0 heterocycles. The number of hydrogen-bond acceptors (Lipinski definition) is 3. The second-order valence-electron chi connectivity index (χ2n) is 6.54. The largest absolute Gasteiger partial charge is 0.348 e. The van der Waals surface area contributed by atoms with Crippen LogP contribution in [-0.2, 0) is 22.1 Å². The summed E-state index contributed by atoms with van der Waals surface area (Å²) in [7, 11) is -3.49. The number of amides is 1. The number of rotatable bonds is 6. The Morgan fingerprint density at radius 3 is 2.39 bits per heavy atom. The number of halogens is 1. The van der Waals surface area contributed by atoms with Crippen LogP contribution in [0.15, 0.2) is 77.7 Å². The molecule has 3 rings (SSSR count). The molecule has 6 heteroatoms. The topological polar surface area (TPSA) is 63.2 Å². The summed E-state index contributed by atoms with van der Waals surface area (Å²) in [6.07, 6.45) is 0. The van der Waals surface area contributed by atoms with Gasteiger partial charge in [0.05, 0.1) is 10.6 Å². The van der Waals surface area contributed by atoms with E-state index in [0.29, 0.717) is 16.7 Å². The van der Waals surface area contributed by atoms with Crippen molar-refractivity contribution in [2.24, 2.45) is 0 Å². The van der Waals surface area contributed by atoms with E-state index in [1.807, 2.05) is 0 Å². The molecule has 0 saturated carbocycles. The van der Waals surface area contributed by atoms with Crippen LogP contribution in [-0.4, -0.2) is 14.3 Å². The van der Waals surface area contributed by atoms with Crippen molar-refractivity contribution in [1.29, 1.82) is 0 Å². The van der Waals surface area contributed by atoms with Gasteiger partial charge in [0, 0.05) is 12.1 Å². The van der Waals surface area contributed by atoms with Gasteiger partial charge < -0.3 is 5.32 Å². The highest BCUT2D eigenvalue weighted by Gasteiger charge is 2.16. The first-order valence-electron chi connectivity index (χ1n) is 8.75. The lowest BCUT2D eigenvalue weighted by Gasteiger charge is -2.09. The molecule has 1 N–H and O–H groups in total. The SMILES string of the molecule is Cc1cc(CNC(=O)c2cccc(CS(=O)(=O)c3ccccc3)c2)ccc1F. The van der Waals surface area contributed by atoms with Crippen molar-refractivity contribution in [2.45, 2.75) is 24.1 Å². The molecule has 0 bridgehead atoms. The average Bonchev–Trinajstić information content (AvgIpc) is 2.69. The van der Waals surface area contributed by atoms with E-state index in [-0.39, 0.29) is 28.9 Å². The van der Waals surface area contributed by atoms with Gasteiger partial charge in [-0.05, 0) is 53.9 Å². The minimum absolute atomic E-state index is 0.185. The van der Waals surface area contributed by atoms with E-state index in [4.69, 9.17) is 0 Å². The van der Waals surface area contributed by atoms with Gasteiger partial charge in [0.2, 0.25) is 0 Å². The minimum atomic E-state index is -3.49. The van der Waals surface area contributed by atoms with Gasteiger partial charge in [-0.1, -0.05) is 42.5 Å². The van der Waals surface area contributed by atoms with E-state index in [9.17, 15) is 17.6 Å². The third kappa shape index (κ3) is 4.84. The number of sulfone groups is 1. The average molecular weight is 397 g/mol. The van der Waals surface area contributed by atoms with Crippen LogP contribution in [0.5, 0.6) is 0 Å². The van der Waals surface area contributed by atoms with E-state index in [1.54, 1.807) is 73.7 Å². The van der Waals surface area contributed by atoms with E-state index in [1.165, 1.54) is 6.07 Å². The molecule has 3 aromatic rings. The van der Waals surface area contributed by atoms with Crippen LogP contribution in [0.1, 0.15) is 27.0 Å². The molecule has 3 aromatic carbocycles. The lowest BCUT2D eigenvalue weighted by Crippen LogP contribution is -2.23. The third-order valence-electron chi connectivity index (χ3n) is 4.32. The summed E-state index contributed by atoms with van der Waals surface area (Å²) in [6, 6.07) is 19.4. The molecule has 0 unspecified atom stereocenters. The van der Waals surface area contributed by atoms with E-state index >= 15 is 0 Å². The third-order valence-corrected chi connectivity index (χ3v) is 6.03.